The Morgan fingerprint density at radius 3 is 2.10 bits per heavy atom. The van der Waals surface area contributed by atoms with Gasteiger partial charge in [0.2, 0.25) is 0 Å². The first kappa shape index (κ1) is 7.90. The molecule has 1 rings (SSSR count). The molecule has 0 aromatic rings. The van der Waals surface area contributed by atoms with Gasteiger partial charge in [0.15, 0.2) is 6.29 Å². The van der Waals surface area contributed by atoms with Crippen LogP contribution in [-0.4, -0.2) is 45.0 Å². The summed E-state index contributed by atoms with van der Waals surface area (Å²) < 4.78 is 4.34. The van der Waals surface area contributed by atoms with Gasteiger partial charge in [-0.05, 0) is 0 Å². The Kier molecular flexibility index (Phi) is 2.22. The van der Waals surface area contributed by atoms with Crippen LogP contribution in [0, 0.1) is 6.61 Å². The number of rotatable bonds is 0. The molecule has 1 heterocycles. The molecule has 0 aliphatic carbocycles. The number of ether oxygens (including phenoxy) is 1. The molecule has 1 saturated heterocycles. The van der Waals surface area contributed by atoms with Crippen molar-refractivity contribution in [2.24, 2.45) is 0 Å². The van der Waals surface area contributed by atoms with Gasteiger partial charge < -0.3 is 25.2 Å². The van der Waals surface area contributed by atoms with E-state index < -0.39 is 24.6 Å². The summed E-state index contributed by atoms with van der Waals surface area (Å²) in [4.78, 5) is 0. The van der Waals surface area contributed by atoms with Crippen LogP contribution in [0.15, 0.2) is 0 Å². The zero-order valence-electron chi connectivity index (χ0n) is 5.08. The fourth-order valence-electron chi connectivity index (χ4n) is 0.693. The van der Waals surface area contributed by atoms with Crippen molar-refractivity contribution in [1.82, 2.24) is 0 Å². The minimum atomic E-state index is -1.45. The van der Waals surface area contributed by atoms with Gasteiger partial charge in [0, 0.05) is 0 Å². The fourth-order valence-corrected chi connectivity index (χ4v) is 0.693. The Labute approximate surface area is 57.5 Å². The first-order valence-corrected chi connectivity index (χ1v) is 2.84. The summed E-state index contributed by atoms with van der Waals surface area (Å²) in [5.74, 6) is 0. The van der Waals surface area contributed by atoms with Gasteiger partial charge in [0.1, 0.15) is 24.9 Å². The van der Waals surface area contributed by atoms with E-state index in [9.17, 15) is 0 Å². The van der Waals surface area contributed by atoms with Crippen LogP contribution in [0.25, 0.3) is 0 Å². The number of hydrogen-bond donors (Lipinski definition) is 4. The summed E-state index contributed by atoms with van der Waals surface area (Å²) in [5.41, 5.74) is 0. The van der Waals surface area contributed by atoms with Gasteiger partial charge in [-0.3, -0.25) is 0 Å². The highest BCUT2D eigenvalue weighted by Crippen LogP contribution is 2.15. The molecule has 0 aromatic carbocycles. The van der Waals surface area contributed by atoms with Crippen molar-refractivity contribution in [3.63, 3.8) is 0 Å². The second kappa shape index (κ2) is 2.81. The van der Waals surface area contributed by atoms with Crippen LogP contribution >= 0.6 is 0 Å². The van der Waals surface area contributed by atoms with Crippen LogP contribution in [-0.2, 0) is 4.74 Å². The van der Waals surface area contributed by atoms with E-state index in [-0.39, 0.29) is 0 Å². The monoisotopic (exact) mass is 149 g/mol. The van der Waals surface area contributed by atoms with Gasteiger partial charge >= 0.3 is 0 Å². The lowest BCUT2D eigenvalue weighted by Gasteiger charge is -2.31. The molecule has 10 heavy (non-hydrogen) atoms. The summed E-state index contributed by atoms with van der Waals surface area (Å²) in [6.07, 6.45) is -5.50. The van der Waals surface area contributed by atoms with Crippen molar-refractivity contribution in [3.05, 3.63) is 6.61 Å². The number of hydrogen-bond acceptors (Lipinski definition) is 5. The molecule has 4 N–H and O–H groups in total. The van der Waals surface area contributed by atoms with Crippen LogP contribution in [0.5, 0.6) is 0 Å². The highest BCUT2D eigenvalue weighted by atomic mass is 16.6. The molecule has 59 valence electrons. The molecular weight excluding hydrogens is 140 g/mol. The quantitative estimate of drug-likeness (QED) is 0.308. The highest BCUT2D eigenvalue weighted by Gasteiger charge is 2.36. The standard InChI is InChI=1S/C5H9O5/c6-2-1-10-5(9)4(8)3(2)7/h1-9H. The van der Waals surface area contributed by atoms with Gasteiger partial charge in [-0.25, -0.2) is 0 Å². The van der Waals surface area contributed by atoms with Gasteiger partial charge in [0.05, 0.1) is 0 Å². The molecule has 0 saturated carbocycles. The first-order valence-electron chi connectivity index (χ1n) is 2.84. The lowest BCUT2D eigenvalue weighted by molar-refractivity contribution is -0.229. The van der Waals surface area contributed by atoms with Crippen molar-refractivity contribution >= 4 is 0 Å². The van der Waals surface area contributed by atoms with Crippen molar-refractivity contribution in [2.45, 2.75) is 24.6 Å². The van der Waals surface area contributed by atoms with E-state index in [1.54, 1.807) is 0 Å². The molecule has 1 aliphatic rings. The van der Waals surface area contributed by atoms with Crippen molar-refractivity contribution < 1.29 is 25.2 Å². The zero-order chi connectivity index (χ0) is 7.72. The highest BCUT2D eigenvalue weighted by molar-refractivity contribution is 4.87. The first-order chi connectivity index (χ1) is 4.63. The van der Waals surface area contributed by atoms with E-state index >= 15 is 0 Å². The maximum atomic E-state index is 8.85. The van der Waals surface area contributed by atoms with Crippen LogP contribution in [0.1, 0.15) is 0 Å². The molecule has 0 aromatic heterocycles. The predicted molar refractivity (Wildman–Crippen MR) is 29.4 cm³/mol. The van der Waals surface area contributed by atoms with Crippen LogP contribution in [0.4, 0.5) is 0 Å². The zero-order valence-corrected chi connectivity index (χ0v) is 5.08. The Balaban J connectivity index is 2.52. The van der Waals surface area contributed by atoms with E-state index in [1.165, 1.54) is 0 Å². The number of aliphatic hydroxyl groups is 4. The van der Waals surface area contributed by atoms with E-state index in [1.807, 2.05) is 0 Å². The minimum absolute atomic E-state index is 0.877. The van der Waals surface area contributed by atoms with Crippen molar-refractivity contribution in [1.29, 1.82) is 0 Å². The topological polar surface area (TPSA) is 90.2 Å². The summed E-state index contributed by atoms with van der Waals surface area (Å²) in [6, 6.07) is 0. The Hall–Kier alpha value is -0.200. The number of aliphatic hydroxyl groups excluding tert-OH is 4. The molecule has 1 fully saturated rings. The molecule has 0 spiro atoms. The van der Waals surface area contributed by atoms with Gasteiger partial charge in [-0.15, -0.1) is 0 Å². The summed E-state index contributed by atoms with van der Waals surface area (Å²) >= 11 is 0. The SMILES string of the molecule is OC1[CH]OC(O)C(O)C1O. The van der Waals surface area contributed by atoms with E-state index in [2.05, 4.69) is 4.74 Å². The molecule has 4 atom stereocenters. The second-order valence-corrected chi connectivity index (χ2v) is 2.13. The molecule has 1 radical (unpaired) electrons. The van der Waals surface area contributed by atoms with Crippen molar-refractivity contribution in [2.75, 3.05) is 0 Å². The molecule has 4 unspecified atom stereocenters. The molecule has 5 nitrogen and oxygen atoms in total. The third-order valence-electron chi connectivity index (χ3n) is 1.35. The van der Waals surface area contributed by atoms with E-state index in [4.69, 9.17) is 20.4 Å². The van der Waals surface area contributed by atoms with Crippen LogP contribution < -0.4 is 0 Å². The predicted octanol–water partition coefficient (Wildman–Crippen LogP) is -2.42. The maximum absolute atomic E-state index is 8.85. The largest absolute Gasteiger partial charge is 0.387 e. The molecule has 1 aliphatic heterocycles. The van der Waals surface area contributed by atoms with Crippen LogP contribution in [0.2, 0.25) is 0 Å². The van der Waals surface area contributed by atoms with Gasteiger partial charge in [0.25, 0.3) is 0 Å². The molecule has 5 heteroatoms. The second-order valence-electron chi connectivity index (χ2n) is 2.13. The van der Waals surface area contributed by atoms with Crippen LogP contribution in [0.3, 0.4) is 0 Å². The molecule has 0 bridgehead atoms. The lowest BCUT2D eigenvalue weighted by Crippen LogP contribution is -2.50. The van der Waals surface area contributed by atoms with E-state index in [0.717, 1.165) is 6.61 Å². The fraction of sp³-hybridized carbons (Fsp3) is 0.800. The van der Waals surface area contributed by atoms with Gasteiger partial charge in [-0.1, -0.05) is 0 Å². The summed E-state index contributed by atoms with van der Waals surface area (Å²) in [5, 5.41) is 35.1. The maximum Gasteiger partial charge on any atom is 0.184 e. The molecule has 0 amide bonds. The average molecular weight is 149 g/mol. The normalized spacial score (nSPS) is 49.2. The summed E-state index contributed by atoms with van der Waals surface area (Å²) in [7, 11) is 0. The Bertz CT molecular complexity index is 103. The van der Waals surface area contributed by atoms with Crippen molar-refractivity contribution in [3.8, 4) is 0 Å². The average Bonchev–Trinajstić information content (AvgIpc) is 1.93. The minimum Gasteiger partial charge on any atom is -0.387 e. The smallest absolute Gasteiger partial charge is 0.184 e. The Morgan fingerprint density at radius 2 is 1.60 bits per heavy atom. The van der Waals surface area contributed by atoms with E-state index in [0.29, 0.717) is 0 Å². The summed E-state index contributed by atoms with van der Waals surface area (Å²) in [6.45, 7) is 0.877. The third kappa shape index (κ3) is 1.28. The molecular formula is C5H9O5. The lowest BCUT2D eigenvalue weighted by atomic mass is 10.1. The Morgan fingerprint density at radius 1 is 1.00 bits per heavy atom. The van der Waals surface area contributed by atoms with Gasteiger partial charge in [-0.2, -0.15) is 0 Å². The third-order valence-corrected chi connectivity index (χ3v) is 1.35.